The van der Waals surface area contributed by atoms with E-state index in [-0.39, 0.29) is 31.3 Å². The summed E-state index contributed by atoms with van der Waals surface area (Å²) < 4.78 is 48.1. The minimum Gasteiger partial charge on any atom is -0.496 e. The zero-order valence-electron chi connectivity index (χ0n) is 20.2. The van der Waals surface area contributed by atoms with Gasteiger partial charge in [0, 0.05) is 35.8 Å². The highest BCUT2D eigenvalue weighted by molar-refractivity contribution is 6.03. The van der Waals surface area contributed by atoms with Gasteiger partial charge in [0.05, 0.1) is 25.0 Å². The number of anilines is 1. The van der Waals surface area contributed by atoms with Crippen LogP contribution in [0.4, 0.5) is 19.0 Å². The molecular formula is C26H24F3N5O4. The number of methoxy groups -OCH3 is 1. The molecule has 198 valence electrons. The first-order valence-corrected chi connectivity index (χ1v) is 11.5. The van der Waals surface area contributed by atoms with Crippen molar-refractivity contribution in [3.05, 3.63) is 66.4 Å². The minimum absolute atomic E-state index is 0.0364. The summed E-state index contributed by atoms with van der Waals surface area (Å²) in [4.78, 5) is 26.5. The molecule has 2 amide bonds. The van der Waals surface area contributed by atoms with E-state index in [0.717, 1.165) is 16.5 Å². The van der Waals surface area contributed by atoms with Crippen LogP contribution in [0.2, 0.25) is 0 Å². The van der Waals surface area contributed by atoms with Gasteiger partial charge in [-0.05, 0) is 36.3 Å². The van der Waals surface area contributed by atoms with E-state index in [9.17, 15) is 22.8 Å². The third-order valence-electron chi connectivity index (χ3n) is 5.46. The second-order valence-electron chi connectivity index (χ2n) is 8.07. The first-order chi connectivity index (χ1) is 18.3. The first kappa shape index (κ1) is 26.3. The lowest BCUT2D eigenvalue weighted by Gasteiger charge is -2.14. The van der Waals surface area contributed by atoms with Crippen LogP contribution in [0.3, 0.4) is 0 Å². The maximum atomic E-state index is 12.5. The van der Waals surface area contributed by atoms with Gasteiger partial charge in [-0.3, -0.25) is 14.7 Å². The van der Waals surface area contributed by atoms with E-state index in [1.807, 2.05) is 30.5 Å². The third kappa shape index (κ3) is 6.33. The number of hydrogen-bond acceptors (Lipinski definition) is 5. The van der Waals surface area contributed by atoms with Crippen molar-refractivity contribution in [1.82, 2.24) is 20.5 Å². The summed E-state index contributed by atoms with van der Waals surface area (Å²) in [7, 11) is 1.48. The summed E-state index contributed by atoms with van der Waals surface area (Å²) in [6, 6.07) is 14.4. The smallest absolute Gasteiger partial charge is 0.471 e. The van der Waals surface area contributed by atoms with Gasteiger partial charge in [-0.25, -0.2) is 0 Å². The van der Waals surface area contributed by atoms with Crippen molar-refractivity contribution in [3.63, 3.8) is 0 Å². The molecule has 0 atom stereocenters. The van der Waals surface area contributed by atoms with Gasteiger partial charge in [-0.2, -0.15) is 18.3 Å². The van der Waals surface area contributed by atoms with Crippen LogP contribution >= 0.6 is 0 Å². The monoisotopic (exact) mass is 527 g/mol. The minimum atomic E-state index is -4.93. The molecule has 2 heterocycles. The van der Waals surface area contributed by atoms with Gasteiger partial charge in [0.25, 0.3) is 0 Å². The summed E-state index contributed by atoms with van der Waals surface area (Å²) in [5.74, 6) is -1.28. The zero-order chi connectivity index (χ0) is 27.1. The lowest BCUT2D eigenvalue weighted by Crippen LogP contribution is -2.37. The summed E-state index contributed by atoms with van der Waals surface area (Å²) in [5, 5.41) is 12.4. The molecule has 2 aromatic carbocycles. The lowest BCUT2D eigenvalue weighted by atomic mass is 10.1. The highest BCUT2D eigenvalue weighted by Gasteiger charge is 2.38. The number of carbonyl (C=O) groups is 2. The number of para-hydroxylation sites is 1. The number of H-pyrrole nitrogens is 2. The summed E-state index contributed by atoms with van der Waals surface area (Å²) in [6.45, 7) is -0.168. The van der Waals surface area contributed by atoms with Crippen LogP contribution in [0.15, 0.2) is 60.8 Å². The normalized spacial score (nSPS) is 11.6. The van der Waals surface area contributed by atoms with Crippen LogP contribution in [0.5, 0.6) is 11.5 Å². The molecular weight excluding hydrogens is 503 g/mol. The fourth-order valence-electron chi connectivity index (χ4n) is 3.70. The van der Waals surface area contributed by atoms with Crippen molar-refractivity contribution in [3.8, 4) is 22.8 Å². The number of hydrogen-bond donors (Lipinski definition) is 4. The fraction of sp³-hybridized carbons (Fsp3) is 0.192. The Balaban J connectivity index is 1.40. The molecule has 0 aliphatic carbocycles. The van der Waals surface area contributed by atoms with Crippen molar-refractivity contribution in [2.24, 2.45) is 0 Å². The lowest BCUT2D eigenvalue weighted by molar-refractivity contribution is -0.173. The van der Waals surface area contributed by atoms with Crippen molar-refractivity contribution in [1.29, 1.82) is 0 Å². The maximum absolute atomic E-state index is 12.5. The number of nitrogens with one attached hydrogen (secondary N) is 4. The molecule has 0 aliphatic rings. The summed E-state index contributed by atoms with van der Waals surface area (Å²) in [5.41, 5.74) is 2.83. The molecule has 0 saturated carbocycles. The van der Waals surface area contributed by atoms with Gasteiger partial charge in [-0.15, -0.1) is 0 Å². The predicted octanol–water partition coefficient (Wildman–Crippen LogP) is 4.67. The number of benzene rings is 2. The van der Waals surface area contributed by atoms with Gasteiger partial charge >= 0.3 is 12.1 Å². The molecule has 2 aromatic heterocycles. The molecule has 4 aromatic rings. The average molecular weight is 528 g/mol. The van der Waals surface area contributed by atoms with Crippen LogP contribution in [-0.4, -0.2) is 53.4 Å². The molecule has 4 N–H and O–H groups in total. The van der Waals surface area contributed by atoms with E-state index in [2.05, 4.69) is 20.5 Å². The fourth-order valence-corrected chi connectivity index (χ4v) is 3.70. The number of fused-ring (bicyclic) bond motifs is 1. The topological polar surface area (TPSA) is 121 Å². The predicted molar refractivity (Wildman–Crippen MR) is 136 cm³/mol. The van der Waals surface area contributed by atoms with E-state index in [1.165, 1.54) is 13.2 Å². The summed E-state index contributed by atoms with van der Waals surface area (Å²) in [6.07, 6.45) is 0.130. The molecule has 0 bridgehead atoms. The Morgan fingerprint density at radius 2 is 1.89 bits per heavy atom. The van der Waals surface area contributed by atoms with E-state index < -0.39 is 12.1 Å². The van der Waals surface area contributed by atoms with Crippen LogP contribution in [0.25, 0.3) is 28.2 Å². The number of ether oxygens (including phenoxy) is 2. The molecule has 0 fully saturated rings. The Hall–Kier alpha value is -4.74. The first-order valence-electron chi connectivity index (χ1n) is 11.5. The largest absolute Gasteiger partial charge is 0.496 e. The number of aromatic amines is 2. The highest BCUT2D eigenvalue weighted by atomic mass is 19.4. The molecule has 0 saturated heterocycles. The summed E-state index contributed by atoms with van der Waals surface area (Å²) >= 11 is 0. The van der Waals surface area contributed by atoms with Crippen molar-refractivity contribution >= 4 is 34.6 Å². The zero-order valence-corrected chi connectivity index (χ0v) is 20.2. The van der Waals surface area contributed by atoms with Crippen molar-refractivity contribution in [2.75, 3.05) is 25.6 Å². The quantitative estimate of drug-likeness (QED) is 0.177. The second kappa shape index (κ2) is 11.5. The van der Waals surface area contributed by atoms with Crippen LogP contribution in [0, 0.1) is 0 Å². The average Bonchev–Trinajstić information content (AvgIpc) is 3.53. The Labute approximate surface area is 215 Å². The third-order valence-corrected chi connectivity index (χ3v) is 5.46. The molecule has 0 radical (unpaired) electrons. The Morgan fingerprint density at radius 1 is 1.11 bits per heavy atom. The second-order valence-corrected chi connectivity index (χ2v) is 8.07. The number of alkyl halides is 3. The highest BCUT2D eigenvalue weighted by Crippen LogP contribution is 2.38. The number of aromatic nitrogens is 3. The van der Waals surface area contributed by atoms with Gasteiger partial charge in [-0.1, -0.05) is 24.3 Å². The molecule has 4 rings (SSSR count). The van der Waals surface area contributed by atoms with Crippen molar-refractivity contribution < 1.29 is 32.2 Å². The van der Waals surface area contributed by atoms with E-state index in [4.69, 9.17) is 9.47 Å². The number of halogens is 3. The van der Waals surface area contributed by atoms with E-state index >= 15 is 0 Å². The van der Waals surface area contributed by atoms with Gasteiger partial charge in [0.1, 0.15) is 11.5 Å². The number of carbonyl (C=O) groups excluding carboxylic acids is 2. The molecule has 0 unspecified atom stereocenters. The van der Waals surface area contributed by atoms with Gasteiger partial charge < -0.3 is 25.1 Å². The number of amides is 2. The maximum Gasteiger partial charge on any atom is 0.471 e. The molecule has 38 heavy (non-hydrogen) atoms. The van der Waals surface area contributed by atoms with Crippen molar-refractivity contribution in [2.45, 2.75) is 12.6 Å². The van der Waals surface area contributed by atoms with Crippen LogP contribution < -0.4 is 20.1 Å². The number of nitrogens with zero attached hydrogens (tertiary/aromatic N) is 1. The van der Waals surface area contributed by atoms with E-state index in [0.29, 0.717) is 22.8 Å². The molecule has 0 spiro atoms. The van der Waals surface area contributed by atoms with E-state index in [1.54, 1.807) is 35.7 Å². The molecule has 9 nitrogen and oxygen atoms in total. The molecule has 12 heteroatoms. The number of rotatable bonds is 10. The Morgan fingerprint density at radius 3 is 2.68 bits per heavy atom. The standard InChI is InChI=1S/C26H24F3N5O4/c1-37-20-8-4-9-21(38-13-5-12-30-25(36)26(27,28)29)24(20)19-14-22(34-33-19)32-23(35)11-10-16-15-31-18-7-3-2-6-17(16)18/h2-4,6-11,14-15,31H,5,12-13H2,1H3,(H,30,36)(H2,32,33,34,35)/b11-10+. The van der Waals surface area contributed by atoms with Crippen LogP contribution in [-0.2, 0) is 9.59 Å². The van der Waals surface area contributed by atoms with Gasteiger partial charge in [0.15, 0.2) is 5.82 Å². The Kier molecular flexibility index (Phi) is 8.00. The van der Waals surface area contributed by atoms with Crippen LogP contribution in [0.1, 0.15) is 12.0 Å². The van der Waals surface area contributed by atoms with Gasteiger partial charge in [0.2, 0.25) is 5.91 Å². The Bertz CT molecular complexity index is 1460. The molecule has 0 aliphatic heterocycles. The SMILES string of the molecule is COc1cccc(OCCCNC(=O)C(F)(F)F)c1-c1cc(NC(=O)/C=C/c2c[nH]c3ccccc23)n[nH]1.